The maximum absolute atomic E-state index is 12.0. The average molecular weight is 380 g/mol. The third-order valence-electron chi connectivity index (χ3n) is 3.12. The van der Waals surface area contributed by atoms with Crippen molar-refractivity contribution in [2.75, 3.05) is 12.3 Å². The van der Waals surface area contributed by atoms with Crippen LogP contribution in [0, 0.1) is 0 Å². The summed E-state index contributed by atoms with van der Waals surface area (Å²) >= 11 is 3.78. The van der Waals surface area contributed by atoms with Gasteiger partial charge >= 0.3 is 5.97 Å². The number of hydrogen-bond donors (Lipinski definition) is 8. The highest BCUT2D eigenvalue weighted by Crippen LogP contribution is 1.97. The number of aliphatic hydroxyl groups excluding tert-OH is 2. The lowest BCUT2D eigenvalue weighted by molar-refractivity contribution is -0.141. The molecule has 0 aliphatic rings. The molecule has 25 heavy (non-hydrogen) atoms. The van der Waals surface area contributed by atoms with Gasteiger partial charge in [-0.15, -0.1) is 0 Å². The summed E-state index contributed by atoms with van der Waals surface area (Å²) in [4.78, 5) is 46.2. The van der Waals surface area contributed by atoms with Crippen molar-refractivity contribution in [3.8, 4) is 0 Å². The van der Waals surface area contributed by atoms with Crippen LogP contribution in [0.3, 0.4) is 0 Å². The second-order valence-electron chi connectivity index (χ2n) is 5.35. The number of aliphatic hydroxyl groups is 2. The van der Waals surface area contributed by atoms with E-state index in [9.17, 15) is 29.4 Å². The lowest BCUT2D eigenvalue weighted by atomic mass is 10.1. The maximum atomic E-state index is 12.0. The number of nitrogens with one attached hydrogen (secondary N) is 3. The Kier molecular flexibility index (Phi) is 10.0. The largest absolute Gasteiger partial charge is 0.480 e. The van der Waals surface area contributed by atoms with Crippen LogP contribution in [-0.2, 0) is 19.2 Å². The molecule has 0 saturated carbocycles. The molecule has 0 radical (unpaired) electrons. The number of thiol groups is 1. The summed E-state index contributed by atoms with van der Waals surface area (Å²) in [7, 11) is 0. The van der Waals surface area contributed by atoms with E-state index in [2.05, 4.69) is 28.6 Å². The number of rotatable bonds is 10. The van der Waals surface area contributed by atoms with Gasteiger partial charge in [-0.2, -0.15) is 12.6 Å². The van der Waals surface area contributed by atoms with E-state index in [4.69, 9.17) is 10.8 Å². The number of aliphatic carboxylic acids is 1. The van der Waals surface area contributed by atoms with E-state index in [1.807, 2.05) is 0 Å². The molecule has 0 fully saturated rings. The first-order valence-electron chi connectivity index (χ1n) is 7.34. The first kappa shape index (κ1) is 23.1. The highest BCUT2D eigenvalue weighted by Gasteiger charge is 2.29. The summed E-state index contributed by atoms with van der Waals surface area (Å²) in [6.07, 6.45) is -2.48. The van der Waals surface area contributed by atoms with Gasteiger partial charge in [0.1, 0.15) is 18.1 Å². The number of hydrogen-bond acceptors (Lipinski definition) is 8. The molecule has 8 N–H and O–H groups in total. The zero-order chi connectivity index (χ0) is 19.7. The van der Waals surface area contributed by atoms with Crippen molar-refractivity contribution in [2.24, 2.45) is 5.73 Å². The lowest BCUT2D eigenvalue weighted by Gasteiger charge is -2.23. The molecule has 144 valence electrons. The van der Waals surface area contributed by atoms with Crippen LogP contribution in [0.4, 0.5) is 0 Å². The predicted octanol–water partition coefficient (Wildman–Crippen LogP) is -3.82. The van der Waals surface area contributed by atoms with Gasteiger partial charge in [0.2, 0.25) is 17.7 Å². The smallest absolute Gasteiger partial charge is 0.327 e. The normalized spacial score (nSPS) is 16.7. The van der Waals surface area contributed by atoms with Gasteiger partial charge in [-0.1, -0.05) is 0 Å². The standard InChI is InChI=1S/C13H24N4O7S/c1-5(18)9(14)11(21)17-10(6(2)19)12(22)15-3-8(20)16-7(4-25)13(23)24/h5-7,9-10,18-19,25H,3-4,14H2,1-2H3,(H,15,22)(H,16,20)(H,17,21)(H,23,24). The molecule has 0 rings (SSSR count). The van der Waals surface area contributed by atoms with Gasteiger partial charge in [-0.25, -0.2) is 4.79 Å². The summed E-state index contributed by atoms with van der Waals surface area (Å²) in [5.74, 6) is -3.95. The first-order valence-corrected chi connectivity index (χ1v) is 7.97. The Bertz CT molecular complexity index is 501. The molecule has 3 amide bonds. The summed E-state index contributed by atoms with van der Waals surface area (Å²) in [6, 6.07) is -3.93. The number of amides is 3. The lowest BCUT2D eigenvalue weighted by Crippen LogP contribution is -2.58. The van der Waals surface area contributed by atoms with Gasteiger partial charge < -0.3 is 37.0 Å². The minimum atomic E-state index is -1.41. The van der Waals surface area contributed by atoms with E-state index in [1.54, 1.807) is 0 Å². The first-order chi connectivity index (χ1) is 11.5. The minimum absolute atomic E-state index is 0.140. The number of carboxylic acid groups (broad SMARTS) is 1. The van der Waals surface area contributed by atoms with Gasteiger partial charge in [0.25, 0.3) is 0 Å². The van der Waals surface area contributed by atoms with Crippen molar-refractivity contribution in [2.45, 2.75) is 44.2 Å². The van der Waals surface area contributed by atoms with Crippen LogP contribution in [0.2, 0.25) is 0 Å². The number of carbonyl (C=O) groups excluding carboxylic acids is 3. The Morgan fingerprint density at radius 3 is 2.00 bits per heavy atom. The fraction of sp³-hybridized carbons (Fsp3) is 0.692. The Labute approximate surface area is 149 Å². The molecule has 0 heterocycles. The van der Waals surface area contributed by atoms with E-state index < -0.39 is 60.6 Å². The van der Waals surface area contributed by atoms with Gasteiger partial charge in [0, 0.05) is 5.75 Å². The molecule has 0 aliphatic heterocycles. The summed E-state index contributed by atoms with van der Waals surface area (Å²) in [5.41, 5.74) is 5.43. The molecule has 0 aromatic carbocycles. The van der Waals surface area contributed by atoms with Gasteiger partial charge in [0.05, 0.1) is 18.8 Å². The Balaban J connectivity index is 4.68. The SMILES string of the molecule is CC(O)C(N)C(=O)NC(C(=O)NCC(=O)NC(CS)C(=O)O)C(C)O. The van der Waals surface area contributed by atoms with Crippen molar-refractivity contribution in [3.63, 3.8) is 0 Å². The number of nitrogens with two attached hydrogens (primary N) is 1. The highest BCUT2D eigenvalue weighted by atomic mass is 32.1. The third kappa shape index (κ3) is 8.16. The van der Waals surface area contributed by atoms with Crippen molar-refractivity contribution in [1.29, 1.82) is 0 Å². The Morgan fingerprint density at radius 1 is 1.04 bits per heavy atom. The monoisotopic (exact) mass is 380 g/mol. The molecule has 0 bridgehead atoms. The van der Waals surface area contributed by atoms with Crippen LogP contribution in [0.15, 0.2) is 0 Å². The third-order valence-corrected chi connectivity index (χ3v) is 3.49. The van der Waals surface area contributed by atoms with Crippen molar-refractivity contribution in [1.82, 2.24) is 16.0 Å². The molecule has 0 aromatic rings. The maximum Gasteiger partial charge on any atom is 0.327 e. The predicted molar refractivity (Wildman–Crippen MR) is 89.7 cm³/mol. The van der Waals surface area contributed by atoms with Gasteiger partial charge in [-0.3, -0.25) is 14.4 Å². The molecule has 0 saturated heterocycles. The minimum Gasteiger partial charge on any atom is -0.480 e. The fourth-order valence-corrected chi connectivity index (χ4v) is 1.83. The average Bonchev–Trinajstić information content (AvgIpc) is 2.53. The fourth-order valence-electron chi connectivity index (χ4n) is 1.58. The molecule has 12 heteroatoms. The number of carbonyl (C=O) groups is 4. The zero-order valence-electron chi connectivity index (χ0n) is 13.8. The molecule has 0 aromatic heterocycles. The summed E-state index contributed by atoms with van der Waals surface area (Å²) < 4.78 is 0. The van der Waals surface area contributed by atoms with E-state index >= 15 is 0 Å². The van der Waals surface area contributed by atoms with Crippen LogP contribution in [0.5, 0.6) is 0 Å². The van der Waals surface area contributed by atoms with Crippen LogP contribution in [0.1, 0.15) is 13.8 Å². The molecule has 11 nitrogen and oxygen atoms in total. The van der Waals surface area contributed by atoms with Crippen LogP contribution in [-0.4, -0.2) is 81.6 Å². The quantitative estimate of drug-likeness (QED) is 0.177. The van der Waals surface area contributed by atoms with E-state index in [-0.39, 0.29) is 5.75 Å². The topological polar surface area (TPSA) is 191 Å². The highest BCUT2D eigenvalue weighted by molar-refractivity contribution is 7.80. The van der Waals surface area contributed by atoms with Crippen LogP contribution >= 0.6 is 12.6 Å². The zero-order valence-corrected chi connectivity index (χ0v) is 14.7. The molecular formula is C13H24N4O7S. The van der Waals surface area contributed by atoms with E-state index in [1.165, 1.54) is 13.8 Å². The molecule has 0 spiro atoms. The second-order valence-corrected chi connectivity index (χ2v) is 5.72. The Morgan fingerprint density at radius 2 is 1.60 bits per heavy atom. The van der Waals surface area contributed by atoms with Crippen molar-refractivity contribution >= 4 is 36.3 Å². The summed E-state index contributed by atoms with van der Waals surface area (Å²) in [6.45, 7) is 1.95. The molecular weight excluding hydrogens is 356 g/mol. The second kappa shape index (κ2) is 10.9. The summed E-state index contributed by atoms with van der Waals surface area (Å²) in [5, 5.41) is 34.1. The Hall–Kier alpha value is -1.89. The number of carboxylic acids is 1. The molecule has 5 unspecified atom stereocenters. The van der Waals surface area contributed by atoms with Crippen molar-refractivity contribution in [3.05, 3.63) is 0 Å². The van der Waals surface area contributed by atoms with Crippen LogP contribution in [0.25, 0.3) is 0 Å². The van der Waals surface area contributed by atoms with Gasteiger partial charge in [-0.05, 0) is 13.8 Å². The molecule has 5 atom stereocenters. The van der Waals surface area contributed by atoms with E-state index in [0.29, 0.717) is 0 Å². The van der Waals surface area contributed by atoms with E-state index in [0.717, 1.165) is 0 Å². The molecule has 0 aliphatic carbocycles. The van der Waals surface area contributed by atoms with Crippen molar-refractivity contribution < 1.29 is 34.5 Å². The van der Waals surface area contributed by atoms with Gasteiger partial charge in [0.15, 0.2) is 0 Å². The van der Waals surface area contributed by atoms with Crippen LogP contribution < -0.4 is 21.7 Å².